The van der Waals surface area contributed by atoms with Gasteiger partial charge in [0.25, 0.3) is 5.69 Å². The number of methoxy groups -OCH3 is 1. The van der Waals surface area contributed by atoms with Crippen molar-refractivity contribution in [3.8, 4) is 0 Å². The van der Waals surface area contributed by atoms with Gasteiger partial charge in [0.05, 0.1) is 12.0 Å². The highest BCUT2D eigenvalue weighted by molar-refractivity contribution is 5.87. The fourth-order valence-electron chi connectivity index (χ4n) is 2.23. The molecule has 0 spiro atoms. The molecule has 2 rings (SSSR count). The van der Waals surface area contributed by atoms with Crippen LogP contribution >= 0.6 is 0 Å². The maximum atomic E-state index is 11.2. The Bertz CT molecular complexity index is 647. The second kappa shape index (κ2) is 7.39. The lowest BCUT2D eigenvalue weighted by atomic mass is 10.1. The molecule has 0 radical (unpaired) electrons. The molecule has 2 N–H and O–H groups in total. The molecule has 8 heteroatoms. The van der Waals surface area contributed by atoms with Gasteiger partial charge in [0.2, 0.25) is 5.91 Å². The normalized spacial score (nSPS) is 17.6. The molecule has 1 aliphatic rings. The molecule has 0 saturated carbocycles. The minimum absolute atomic E-state index is 0.0131. The van der Waals surface area contributed by atoms with Crippen molar-refractivity contribution in [2.45, 2.75) is 18.9 Å². The van der Waals surface area contributed by atoms with E-state index in [1.807, 2.05) is 0 Å². The van der Waals surface area contributed by atoms with Crippen LogP contribution in [0.3, 0.4) is 0 Å². The molecular weight excluding hydrogens is 302 g/mol. The lowest BCUT2D eigenvalue weighted by Crippen LogP contribution is -2.41. The molecule has 0 aromatic heterocycles. The second-order valence-electron chi connectivity index (χ2n) is 5.07. The number of carbonyl (C=O) groups is 2. The van der Waals surface area contributed by atoms with Gasteiger partial charge >= 0.3 is 5.97 Å². The van der Waals surface area contributed by atoms with Crippen molar-refractivity contribution in [3.63, 3.8) is 0 Å². The summed E-state index contributed by atoms with van der Waals surface area (Å²) < 4.78 is 4.48. The van der Waals surface area contributed by atoms with Gasteiger partial charge in [0, 0.05) is 31.1 Å². The minimum atomic E-state index is -0.534. The van der Waals surface area contributed by atoms with E-state index in [0.29, 0.717) is 30.6 Å². The lowest BCUT2D eigenvalue weighted by molar-refractivity contribution is -0.384. The third-order valence-corrected chi connectivity index (χ3v) is 3.46. The monoisotopic (exact) mass is 319 g/mol. The Kier molecular flexibility index (Phi) is 5.29. The van der Waals surface area contributed by atoms with Crippen LogP contribution in [0.1, 0.15) is 18.4 Å². The molecule has 1 amide bonds. The van der Waals surface area contributed by atoms with Gasteiger partial charge in [-0.25, -0.2) is 4.79 Å². The molecule has 1 aromatic carbocycles. The summed E-state index contributed by atoms with van der Waals surface area (Å²) in [6.45, 7) is 0.431. The smallest absolute Gasteiger partial charge is 0.330 e. The molecule has 1 aromatic rings. The van der Waals surface area contributed by atoms with Gasteiger partial charge in [-0.2, -0.15) is 0 Å². The highest BCUT2D eigenvalue weighted by atomic mass is 16.6. The van der Waals surface area contributed by atoms with Gasteiger partial charge in [-0.3, -0.25) is 14.9 Å². The van der Waals surface area contributed by atoms with Crippen LogP contribution in [-0.4, -0.2) is 36.5 Å². The Hall–Kier alpha value is -2.90. The molecule has 1 fully saturated rings. The summed E-state index contributed by atoms with van der Waals surface area (Å²) >= 11 is 0. The van der Waals surface area contributed by atoms with E-state index in [0.717, 1.165) is 0 Å². The number of ether oxygens (including phenoxy) is 1. The lowest BCUT2D eigenvalue weighted by Gasteiger charge is -2.24. The average molecular weight is 319 g/mol. The van der Waals surface area contributed by atoms with Gasteiger partial charge in [0.1, 0.15) is 5.69 Å². The Morgan fingerprint density at radius 1 is 1.52 bits per heavy atom. The molecule has 1 heterocycles. The number of nitrogens with zero attached hydrogens (tertiary/aromatic N) is 1. The average Bonchev–Trinajstić information content (AvgIpc) is 2.55. The van der Waals surface area contributed by atoms with E-state index in [4.69, 9.17) is 0 Å². The maximum absolute atomic E-state index is 11.2. The van der Waals surface area contributed by atoms with Crippen molar-refractivity contribution in [2.24, 2.45) is 0 Å². The predicted octanol–water partition coefficient (Wildman–Crippen LogP) is 1.47. The van der Waals surface area contributed by atoms with E-state index in [2.05, 4.69) is 15.4 Å². The van der Waals surface area contributed by atoms with Crippen LogP contribution in [0.5, 0.6) is 0 Å². The van der Waals surface area contributed by atoms with Crippen LogP contribution in [-0.2, 0) is 14.3 Å². The SMILES string of the molecule is COC(=O)/C=C/c1ccc(NC2CCC(=O)NC2)c([N+](=O)[O-])c1. The summed E-state index contributed by atoms with van der Waals surface area (Å²) in [5.41, 5.74) is 0.810. The van der Waals surface area contributed by atoms with Crippen LogP contribution in [0.4, 0.5) is 11.4 Å². The van der Waals surface area contributed by atoms with Crippen molar-refractivity contribution in [1.29, 1.82) is 0 Å². The summed E-state index contributed by atoms with van der Waals surface area (Å²) in [5.74, 6) is -0.548. The van der Waals surface area contributed by atoms with Gasteiger partial charge in [-0.15, -0.1) is 0 Å². The number of piperidine rings is 1. The molecule has 122 valence electrons. The van der Waals surface area contributed by atoms with E-state index in [-0.39, 0.29) is 17.6 Å². The third-order valence-electron chi connectivity index (χ3n) is 3.46. The largest absolute Gasteiger partial charge is 0.466 e. The number of amides is 1. The number of hydrogen-bond acceptors (Lipinski definition) is 6. The van der Waals surface area contributed by atoms with E-state index in [1.165, 1.54) is 25.3 Å². The first kappa shape index (κ1) is 16.5. The molecular formula is C15H17N3O5. The first-order chi connectivity index (χ1) is 11.0. The highest BCUT2D eigenvalue weighted by Gasteiger charge is 2.21. The summed E-state index contributed by atoms with van der Waals surface area (Å²) in [7, 11) is 1.26. The summed E-state index contributed by atoms with van der Waals surface area (Å²) in [6, 6.07) is 4.58. The van der Waals surface area contributed by atoms with Gasteiger partial charge in [-0.1, -0.05) is 6.07 Å². The van der Waals surface area contributed by atoms with Crippen LogP contribution < -0.4 is 10.6 Å². The Morgan fingerprint density at radius 3 is 2.91 bits per heavy atom. The number of esters is 1. The van der Waals surface area contributed by atoms with Crippen LogP contribution in [0.2, 0.25) is 0 Å². The zero-order valence-electron chi connectivity index (χ0n) is 12.6. The molecule has 0 bridgehead atoms. The van der Waals surface area contributed by atoms with E-state index >= 15 is 0 Å². The Morgan fingerprint density at radius 2 is 2.30 bits per heavy atom. The quantitative estimate of drug-likeness (QED) is 0.368. The van der Waals surface area contributed by atoms with Crippen LogP contribution in [0, 0.1) is 10.1 Å². The zero-order valence-corrected chi connectivity index (χ0v) is 12.6. The number of nitrogens with one attached hydrogen (secondary N) is 2. The number of carbonyl (C=O) groups excluding carboxylic acids is 2. The van der Waals surface area contributed by atoms with Crippen molar-refractivity contribution >= 4 is 29.3 Å². The standard InChI is InChI=1S/C15H17N3O5/c1-23-15(20)7-3-10-2-5-12(13(8-10)18(21)22)17-11-4-6-14(19)16-9-11/h2-3,5,7-8,11,17H,4,6,9H2,1H3,(H,16,19)/b7-3+. The van der Waals surface area contributed by atoms with Crippen LogP contribution in [0.15, 0.2) is 24.3 Å². The van der Waals surface area contributed by atoms with E-state index in [9.17, 15) is 19.7 Å². The molecule has 1 atom stereocenters. The number of benzene rings is 1. The number of nitro benzene ring substituents is 1. The highest BCUT2D eigenvalue weighted by Crippen LogP contribution is 2.27. The Balaban J connectivity index is 2.16. The number of anilines is 1. The van der Waals surface area contributed by atoms with Gasteiger partial charge < -0.3 is 15.4 Å². The van der Waals surface area contributed by atoms with Gasteiger partial charge in [-0.05, 0) is 24.1 Å². The maximum Gasteiger partial charge on any atom is 0.330 e. The fourth-order valence-corrected chi connectivity index (χ4v) is 2.23. The van der Waals surface area contributed by atoms with Crippen molar-refractivity contribution in [2.75, 3.05) is 19.0 Å². The first-order valence-corrected chi connectivity index (χ1v) is 7.07. The minimum Gasteiger partial charge on any atom is -0.466 e. The van der Waals surface area contributed by atoms with Crippen molar-refractivity contribution < 1.29 is 19.2 Å². The van der Waals surface area contributed by atoms with E-state index in [1.54, 1.807) is 12.1 Å². The number of rotatable bonds is 5. The molecule has 1 saturated heterocycles. The molecule has 8 nitrogen and oxygen atoms in total. The van der Waals surface area contributed by atoms with Crippen molar-refractivity contribution in [3.05, 3.63) is 40.0 Å². The Labute approximate surface area is 132 Å². The van der Waals surface area contributed by atoms with Crippen LogP contribution in [0.25, 0.3) is 6.08 Å². The summed E-state index contributed by atoms with van der Waals surface area (Å²) in [6.07, 6.45) is 3.66. The number of nitro groups is 1. The van der Waals surface area contributed by atoms with Crippen molar-refractivity contribution in [1.82, 2.24) is 5.32 Å². The molecule has 23 heavy (non-hydrogen) atoms. The second-order valence-corrected chi connectivity index (χ2v) is 5.07. The fraction of sp³-hybridized carbons (Fsp3) is 0.333. The molecule has 1 unspecified atom stereocenters. The molecule has 0 aliphatic carbocycles. The topological polar surface area (TPSA) is 111 Å². The number of hydrogen-bond donors (Lipinski definition) is 2. The molecule has 1 aliphatic heterocycles. The summed E-state index contributed by atoms with van der Waals surface area (Å²) in [4.78, 5) is 33.0. The summed E-state index contributed by atoms with van der Waals surface area (Å²) in [5, 5.41) is 17.0. The van der Waals surface area contributed by atoms with Gasteiger partial charge in [0.15, 0.2) is 0 Å². The third kappa shape index (κ3) is 4.53. The predicted molar refractivity (Wildman–Crippen MR) is 83.8 cm³/mol. The zero-order chi connectivity index (χ0) is 16.8. The first-order valence-electron chi connectivity index (χ1n) is 7.07. The van der Waals surface area contributed by atoms with E-state index < -0.39 is 10.9 Å².